The van der Waals surface area contributed by atoms with Crippen LogP contribution in [0, 0.1) is 17.7 Å². The van der Waals surface area contributed by atoms with Gasteiger partial charge in [0, 0.05) is 5.69 Å². The summed E-state index contributed by atoms with van der Waals surface area (Å²) in [5.74, 6) is 5.84. The van der Waals surface area contributed by atoms with Crippen molar-refractivity contribution in [2.24, 2.45) is 0 Å². The molecule has 2 rings (SSSR count). The van der Waals surface area contributed by atoms with E-state index in [0.717, 1.165) is 0 Å². The third kappa shape index (κ3) is 5.54. The van der Waals surface area contributed by atoms with Crippen molar-refractivity contribution in [3.8, 4) is 23.3 Å². The zero-order valence-corrected chi connectivity index (χ0v) is 13.1. The number of hydrogen-bond acceptors (Lipinski definition) is 3. The third-order valence-corrected chi connectivity index (χ3v) is 2.95. The van der Waals surface area contributed by atoms with Gasteiger partial charge in [-0.15, -0.1) is 0 Å². The first kappa shape index (κ1) is 17.2. The van der Waals surface area contributed by atoms with Crippen molar-refractivity contribution in [3.63, 3.8) is 0 Å². The van der Waals surface area contributed by atoms with Crippen LogP contribution >= 0.6 is 0 Å². The van der Waals surface area contributed by atoms with Gasteiger partial charge in [0.2, 0.25) is 0 Å². The molecule has 0 heterocycles. The zero-order chi connectivity index (χ0) is 17.2. The fourth-order valence-electron chi connectivity index (χ4n) is 1.76. The van der Waals surface area contributed by atoms with Crippen LogP contribution in [0.15, 0.2) is 48.5 Å². The number of amides is 2. The summed E-state index contributed by atoms with van der Waals surface area (Å²) in [6, 6.07) is 12.7. The Hall–Kier alpha value is -3.20. The molecule has 0 saturated heterocycles. The van der Waals surface area contributed by atoms with Crippen molar-refractivity contribution < 1.29 is 18.7 Å². The van der Waals surface area contributed by atoms with E-state index in [-0.39, 0.29) is 24.9 Å². The molecule has 0 aliphatic heterocycles. The van der Waals surface area contributed by atoms with E-state index in [0.29, 0.717) is 11.4 Å². The fourth-order valence-corrected chi connectivity index (χ4v) is 1.76. The van der Waals surface area contributed by atoms with Crippen LogP contribution in [0.3, 0.4) is 0 Å². The van der Waals surface area contributed by atoms with Crippen molar-refractivity contribution in [3.05, 3.63) is 54.3 Å². The highest BCUT2D eigenvalue weighted by molar-refractivity contribution is 5.89. The van der Waals surface area contributed by atoms with Crippen molar-refractivity contribution >= 4 is 11.7 Å². The average molecular weight is 328 g/mol. The SMILES string of the molecule is COc1ccc(NC(=O)NCC#CCOc2ccccc2F)cc1. The molecule has 0 bridgehead atoms. The average Bonchev–Trinajstić information content (AvgIpc) is 2.60. The summed E-state index contributed by atoms with van der Waals surface area (Å²) in [5.41, 5.74) is 0.643. The Balaban J connectivity index is 1.68. The van der Waals surface area contributed by atoms with Gasteiger partial charge < -0.3 is 20.1 Å². The Morgan fingerprint density at radius 2 is 1.88 bits per heavy atom. The largest absolute Gasteiger partial charge is 0.497 e. The molecule has 0 aromatic heterocycles. The van der Waals surface area contributed by atoms with E-state index in [4.69, 9.17) is 9.47 Å². The van der Waals surface area contributed by atoms with Crippen LogP contribution in [0.1, 0.15) is 0 Å². The van der Waals surface area contributed by atoms with Crippen molar-refractivity contribution in [2.75, 3.05) is 25.6 Å². The van der Waals surface area contributed by atoms with Gasteiger partial charge in [-0.3, -0.25) is 0 Å². The molecule has 0 spiro atoms. The molecule has 2 aromatic carbocycles. The molecule has 0 radical (unpaired) electrons. The van der Waals surface area contributed by atoms with Crippen LogP contribution in [0.5, 0.6) is 11.5 Å². The van der Waals surface area contributed by atoms with E-state index in [1.165, 1.54) is 12.1 Å². The minimum absolute atomic E-state index is 0.0444. The van der Waals surface area contributed by atoms with E-state index < -0.39 is 5.82 Å². The van der Waals surface area contributed by atoms with Crippen molar-refractivity contribution in [1.82, 2.24) is 5.32 Å². The lowest BCUT2D eigenvalue weighted by Gasteiger charge is -2.06. The van der Waals surface area contributed by atoms with Crippen LogP contribution < -0.4 is 20.1 Å². The lowest BCUT2D eigenvalue weighted by atomic mass is 10.3. The Morgan fingerprint density at radius 3 is 2.58 bits per heavy atom. The molecule has 0 aliphatic carbocycles. The summed E-state index contributed by atoms with van der Waals surface area (Å²) in [6.07, 6.45) is 0. The molecule has 24 heavy (non-hydrogen) atoms. The topological polar surface area (TPSA) is 59.6 Å². The van der Waals surface area contributed by atoms with E-state index in [1.54, 1.807) is 43.5 Å². The molecule has 2 N–H and O–H groups in total. The number of urea groups is 1. The summed E-state index contributed by atoms with van der Waals surface area (Å²) >= 11 is 0. The van der Waals surface area contributed by atoms with E-state index >= 15 is 0 Å². The van der Waals surface area contributed by atoms with E-state index in [9.17, 15) is 9.18 Å². The Morgan fingerprint density at radius 1 is 1.12 bits per heavy atom. The molecule has 0 fully saturated rings. The molecular formula is C18H17FN2O3. The molecule has 6 heteroatoms. The number of methoxy groups -OCH3 is 1. The third-order valence-electron chi connectivity index (χ3n) is 2.95. The summed E-state index contributed by atoms with van der Waals surface area (Å²) in [4.78, 5) is 11.7. The van der Waals surface area contributed by atoms with Crippen molar-refractivity contribution in [1.29, 1.82) is 0 Å². The number of para-hydroxylation sites is 1. The molecule has 124 valence electrons. The van der Waals surface area contributed by atoms with Crippen LogP contribution in [0.25, 0.3) is 0 Å². The summed E-state index contributed by atoms with van der Waals surface area (Å²) in [7, 11) is 1.57. The van der Waals surface area contributed by atoms with Crippen LogP contribution in [0.2, 0.25) is 0 Å². The first-order valence-corrected chi connectivity index (χ1v) is 7.21. The number of anilines is 1. The van der Waals surface area contributed by atoms with Gasteiger partial charge in [-0.05, 0) is 36.4 Å². The highest BCUT2D eigenvalue weighted by Gasteiger charge is 2.00. The monoisotopic (exact) mass is 328 g/mol. The summed E-state index contributed by atoms with van der Waals surface area (Å²) in [5, 5.41) is 5.25. The van der Waals surface area contributed by atoms with Gasteiger partial charge >= 0.3 is 6.03 Å². The van der Waals surface area contributed by atoms with Crippen LogP contribution in [-0.4, -0.2) is 26.3 Å². The highest BCUT2D eigenvalue weighted by Crippen LogP contribution is 2.15. The van der Waals surface area contributed by atoms with Gasteiger partial charge in [-0.25, -0.2) is 9.18 Å². The number of nitrogens with one attached hydrogen (secondary N) is 2. The lowest BCUT2D eigenvalue weighted by Crippen LogP contribution is -2.28. The summed E-state index contributed by atoms with van der Waals surface area (Å²) in [6.45, 7) is 0.200. The quantitative estimate of drug-likeness (QED) is 0.830. The first-order chi connectivity index (χ1) is 11.7. The number of benzene rings is 2. The number of hydrogen-bond donors (Lipinski definition) is 2. The molecule has 0 atom stereocenters. The Bertz CT molecular complexity index is 736. The zero-order valence-electron chi connectivity index (χ0n) is 13.1. The Labute approximate surface area is 139 Å². The van der Waals surface area contributed by atoms with E-state index in [2.05, 4.69) is 22.5 Å². The highest BCUT2D eigenvalue weighted by atomic mass is 19.1. The van der Waals surface area contributed by atoms with Gasteiger partial charge in [0.25, 0.3) is 0 Å². The van der Waals surface area contributed by atoms with Crippen LogP contribution in [-0.2, 0) is 0 Å². The predicted octanol–water partition coefficient (Wildman–Crippen LogP) is 3.04. The van der Waals surface area contributed by atoms with Gasteiger partial charge in [0.1, 0.15) is 12.4 Å². The normalized spacial score (nSPS) is 9.42. The van der Waals surface area contributed by atoms with Gasteiger partial charge in [-0.1, -0.05) is 24.0 Å². The number of halogens is 1. The number of rotatable bonds is 5. The smallest absolute Gasteiger partial charge is 0.319 e. The second-order valence-corrected chi connectivity index (χ2v) is 4.61. The maximum absolute atomic E-state index is 13.3. The second-order valence-electron chi connectivity index (χ2n) is 4.61. The van der Waals surface area contributed by atoms with Gasteiger partial charge in [-0.2, -0.15) is 0 Å². The number of carbonyl (C=O) groups is 1. The molecule has 0 saturated carbocycles. The number of carbonyl (C=O) groups excluding carboxylic acids is 1. The second kappa shape index (κ2) is 9.06. The molecule has 0 unspecified atom stereocenters. The van der Waals surface area contributed by atoms with Crippen LogP contribution in [0.4, 0.5) is 14.9 Å². The minimum atomic E-state index is -0.434. The van der Waals surface area contributed by atoms with Gasteiger partial charge in [0.05, 0.1) is 13.7 Å². The minimum Gasteiger partial charge on any atom is -0.497 e. The molecular weight excluding hydrogens is 311 g/mol. The molecule has 2 aromatic rings. The number of ether oxygens (including phenoxy) is 2. The Kier molecular flexibility index (Phi) is 6.47. The standard InChI is InChI=1S/C18H17FN2O3/c1-23-15-10-8-14(9-11-15)21-18(22)20-12-4-5-13-24-17-7-3-2-6-16(17)19/h2-3,6-11H,12-13H2,1H3,(H2,20,21,22). The van der Waals surface area contributed by atoms with E-state index in [1.807, 2.05) is 0 Å². The lowest BCUT2D eigenvalue weighted by molar-refractivity contribution is 0.253. The summed E-state index contributed by atoms with van der Waals surface area (Å²) < 4.78 is 23.5. The maximum atomic E-state index is 13.3. The molecule has 2 amide bonds. The van der Waals surface area contributed by atoms with Crippen molar-refractivity contribution in [2.45, 2.75) is 0 Å². The molecule has 5 nitrogen and oxygen atoms in total. The first-order valence-electron chi connectivity index (χ1n) is 7.21. The maximum Gasteiger partial charge on any atom is 0.319 e. The predicted molar refractivity (Wildman–Crippen MR) is 89.7 cm³/mol. The van der Waals surface area contributed by atoms with Gasteiger partial charge in [0.15, 0.2) is 11.6 Å². The molecule has 0 aliphatic rings. The fraction of sp³-hybridized carbons (Fsp3) is 0.167.